The van der Waals surface area contributed by atoms with Crippen LogP contribution < -0.4 is 0 Å². The maximum absolute atomic E-state index is 11.5. The molecule has 0 saturated carbocycles. The van der Waals surface area contributed by atoms with E-state index in [2.05, 4.69) is 9.15 Å². The van der Waals surface area contributed by atoms with Gasteiger partial charge in [0, 0.05) is 0 Å². The van der Waals surface area contributed by atoms with Gasteiger partial charge in [-0.25, -0.2) is 4.79 Å². The molecular formula is C7H5F3O4. The summed E-state index contributed by atoms with van der Waals surface area (Å²) in [6.07, 6.45) is -4.75. The minimum absolute atomic E-state index is 0.195. The summed E-state index contributed by atoms with van der Waals surface area (Å²) in [7, 11) is 0. The summed E-state index contributed by atoms with van der Waals surface area (Å²) in [5, 5.41) is 8.37. The average molecular weight is 210 g/mol. The Balaban J connectivity index is 2.56. The highest BCUT2D eigenvalue weighted by atomic mass is 19.4. The Kier molecular flexibility index (Phi) is 2.80. The summed E-state index contributed by atoms with van der Waals surface area (Å²) in [6, 6.07) is 2.16. The zero-order chi connectivity index (χ0) is 10.8. The fraction of sp³-hybridized carbons (Fsp3) is 0.286. The van der Waals surface area contributed by atoms with Gasteiger partial charge in [-0.15, -0.1) is 13.2 Å². The molecule has 0 bridgehead atoms. The van der Waals surface area contributed by atoms with E-state index in [1.807, 2.05) is 0 Å². The lowest BCUT2D eigenvalue weighted by molar-refractivity contribution is -0.331. The number of furan rings is 1. The molecule has 1 heterocycles. The van der Waals surface area contributed by atoms with Gasteiger partial charge in [0.2, 0.25) is 5.76 Å². The van der Waals surface area contributed by atoms with E-state index in [4.69, 9.17) is 5.11 Å². The molecule has 0 amide bonds. The van der Waals surface area contributed by atoms with Crippen LogP contribution in [0, 0.1) is 0 Å². The first-order valence-electron chi connectivity index (χ1n) is 3.41. The number of carboxylic acid groups (broad SMARTS) is 1. The SMILES string of the molecule is O=C(O)c1ccc(COC(F)(F)F)o1. The zero-order valence-electron chi connectivity index (χ0n) is 6.67. The number of halogens is 3. The molecule has 0 aliphatic heterocycles. The van der Waals surface area contributed by atoms with Gasteiger partial charge in [-0.2, -0.15) is 0 Å². The molecule has 0 fully saturated rings. The number of aromatic carboxylic acids is 1. The first-order valence-corrected chi connectivity index (χ1v) is 3.41. The number of carbonyl (C=O) groups is 1. The molecule has 1 rings (SSSR count). The lowest BCUT2D eigenvalue weighted by atomic mass is 10.4. The van der Waals surface area contributed by atoms with Gasteiger partial charge in [0.15, 0.2) is 0 Å². The van der Waals surface area contributed by atoms with Crippen molar-refractivity contribution in [1.29, 1.82) is 0 Å². The smallest absolute Gasteiger partial charge is 0.475 e. The summed E-state index contributed by atoms with van der Waals surface area (Å²) < 4.78 is 42.5. The number of rotatable bonds is 3. The van der Waals surface area contributed by atoms with Gasteiger partial charge in [0.25, 0.3) is 0 Å². The molecule has 14 heavy (non-hydrogen) atoms. The Bertz CT molecular complexity index is 328. The molecule has 7 heteroatoms. The molecule has 0 aliphatic carbocycles. The second-order valence-electron chi connectivity index (χ2n) is 2.31. The van der Waals surface area contributed by atoms with Crippen molar-refractivity contribution in [3.63, 3.8) is 0 Å². The third-order valence-corrected chi connectivity index (χ3v) is 1.25. The highest BCUT2D eigenvalue weighted by Gasteiger charge is 2.29. The minimum Gasteiger partial charge on any atom is -0.475 e. The predicted octanol–water partition coefficient (Wildman–Crippen LogP) is 2.01. The Labute approximate surface area is 75.9 Å². The van der Waals surface area contributed by atoms with Gasteiger partial charge < -0.3 is 9.52 Å². The van der Waals surface area contributed by atoms with Crippen LogP contribution in [0.25, 0.3) is 0 Å². The van der Waals surface area contributed by atoms with Crippen molar-refractivity contribution in [2.45, 2.75) is 13.0 Å². The third kappa shape index (κ3) is 3.09. The zero-order valence-corrected chi connectivity index (χ0v) is 6.67. The van der Waals surface area contributed by atoms with Gasteiger partial charge >= 0.3 is 12.3 Å². The van der Waals surface area contributed by atoms with Crippen LogP contribution in [0.3, 0.4) is 0 Å². The molecule has 1 N–H and O–H groups in total. The first-order chi connectivity index (χ1) is 6.38. The van der Waals surface area contributed by atoms with E-state index in [0.717, 1.165) is 12.1 Å². The molecule has 0 saturated heterocycles. The van der Waals surface area contributed by atoms with Crippen LogP contribution in [0.4, 0.5) is 13.2 Å². The van der Waals surface area contributed by atoms with Gasteiger partial charge in [-0.3, -0.25) is 4.74 Å². The van der Waals surface area contributed by atoms with Gasteiger partial charge in [0.05, 0.1) is 0 Å². The van der Waals surface area contributed by atoms with Crippen molar-refractivity contribution in [1.82, 2.24) is 0 Å². The second kappa shape index (κ2) is 3.70. The normalized spacial score (nSPS) is 11.6. The second-order valence-corrected chi connectivity index (χ2v) is 2.31. The summed E-state index contributed by atoms with van der Waals surface area (Å²) in [6.45, 7) is -0.837. The first kappa shape index (κ1) is 10.6. The molecule has 78 valence electrons. The summed E-state index contributed by atoms with van der Waals surface area (Å²) in [4.78, 5) is 10.3. The largest absolute Gasteiger partial charge is 0.522 e. The van der Waals surface area contributed by atoms with Gasteiger partial charge in [-0.1, -0.05) is 0 Å². The van der Waals surface area contributed by atoms with Crippen molar-refractivity contribution in [3.8, 4) is 0 Å². The predicted molar refractivity (Wildman–Crippen MR) is 36.5 cm³/mol. The summed E-state index contributed by atoms with van der Waals surface area (Å²) in [5.41, 5.74) is 0. The fourth-order valence-electron chi connectivity index (χ4n) is 0.723. The molecule has 0 aromatic carbocycles. The highest BCUT2D eigenvalue weighted by molar-refractivity contribution is 5.84. The Morgan fingerprint density at radius 1 is 1.50 bits per heavy atom. The fourth-order valence-corrected chi connectivity index (χ4v) is 0.723. The molecular weight excluding hydrogens is 205 g/mol. The van der Waals surface area contributed by atoms with Gasteiger partial charge in [0.1, 0.15) is 12.4 Å². The monoisotopic (exact) mass is 210 g/mol. The van der Waals surface area contributed by atoms with E-state index in [0.29, 0.717) is 0 Å². The molecule has 0 aliphatic rings. The topological polar surface area (TPSA) is 59.7 Å². The standard InChI is InChI=1S/C7H5F3O4/c8-7(9,10)13-3-4-1-2-5(14-4)6(11)12/h1-2H,3H2,(H,11,12). The van der Waals surface area contributed by atoms with E-state index in [1.54, 1.807) is 0 Å². The average Bonchev–Trinajstić information content (AvgIpc) is 2.47. The highest BCUT2D eigenvalue weighted by Crippen LogP contribution is 2.19. The van der Waals surface area contributed by atoms with Crippen molar-refractivity contribution in [3.05, 3.63) is 23.7 Å². The number of ether oxygens (including phenoxy) is 1. The Hall–Kier alpha value is -1.50. The molecule has 0 spiro atoms. The number of hydrogen-bond donors (Lipinski definition) is 1. The lowest BCUT2D eigenvalue weighted by Crippen LogP contribution is -2.12. The molecule has 0 unspecified atom stereocenters. The van der Waals surface area contributed by atoms with Gasteiger partial charge in [-0.05, 0) is 12.1 Å². The summed E-state index contributed by atoms with van der Waals surface area (Å²) >= 11 is 0. The molecule has 4 nitrogen and oxygen atoms in total. The lowest BCUT2D eigenvalue weighted by Gasteiger charge is -2.04. The van der Waals surface area contributed by atoms with Crippen LogP contribution in [0.5, 0.6) is 0 Å². The van der Waals surface area contributed by atoms with Crippen molar-refractivity contribution >= 4 is 5.97 Å². The van der Waals surface area contributed by atoms with E-state index >= 15 is 0 Å². The van der Waals surface area contributed by atoms with Crippen molar-refractivity contribution < 1.29 is 32.2 Å². The van der Waals surface area contributed by atoms with Crippen LogP contribution in [0.2, 0.25) is 0 Å². The molecule has 1 aromatic rings. The van der Waals surface area contributed by atoms with E-state index < -0.39 is 24.7 Å². The quantitative estimate of drug-likeness (QED) is 0.828. The number of carboxylic acids is 1. The van der Waals surface area contributed by atoms with Crippen LogP contribution >= 0.6 is 0 Å². The molecule has 0 atom stereocenters. The van der Waals surface area contributed by atoms with Crippen LogP contribution in [-0.2, 0) is 11.3 Å². The molecule has 1 aromatic heterocycles. The number of hydrogen-bond acceptors (Lipinski definition) is 3. The Morgan fingerprint density at radius 2 is 2.14 bits per heavy atom. The van der Waals surface area contributed by atoms with Crippen LogP contribution in [0.15, 0.2) is 16.5 Å². The maximum Gasteiger partial charge on any atom is 0.522 e. The number of alkyl halides is 3. The summed E-state index contributed by atoms with van der Waals surface area (Å²) in [5.74, 6) is -1.96. The maximum atomic E-state index is 11.5. The van der Waals surface area contributed by atoms with E-state index in [9.17, 15) is 18.0 Å². The molecule has 0 radical (unpaired) electrons. The van der Waals surface area contributed by atoms with Crippen LogP contribution in [0.1, 0.15) is 16.3 Å². The minimum atomic E-state index is -4.75. The Morgan fingerprint density at radius 3 is 2.57 bits per heavy atom. The van der Waals surface area contributed by atoms with Crippen molar-refractivity contribution in [2.75, 3.05) is 0 Å². The third-order valence-electron chi connectivity index (χ3n) is 1.25. The van der Waals surface area contributed by atoms with Crippen molar-refractivity contribution in [2.24, 2.45) is 0 Å². The van der Waals surface area contributed by atoms with E-state index in [-0.39, 0.29) is 5.76 Å². The van der Waals surface area contributed by atoms with Crippen LogP contribution in [-0.4, -0.2) is 17.4 Å². The van der Waals surface area contributed by atoms with E-state index in [1.165, 1.54) is 0 Å².